The van der Waals surface area contributed by atoms with Crippen LogP contribution in [0, 0.1) is 0 Å². The monoisotopic (exact) mass is 384 g/mol. The third kappa shape index (κ3) is 2.54. The molecule has 6 heteroatoms. The van der Waals surface area contributed by atoms with E-state index < -0.39 is 9.66 Å². The Kier molecular flexibility index (Phi) is 3.44. The van der Waals surface area contributed by atoms with Gasteiger partial charge in [0.25, 0.3) is 0 Å². The molecule has 0 aliphatic rings. The number of fused-ring (bicyclic) bond motifs is 1. The van der Waals surface area contributed by atoms with Gasteiger partial charge >= 0.3 is 9.66 Å². The second-order valence-electron chi connectivity index (χ2n) is 3.70. The highest BCUT2D eigenvalue weighted by Gasteiger charge is 2.34. The van der Waals surface area contributed by atoms with Crippen molar-refractivity contribution in [3.8, 4) is 0 Å². The number of hydrogen-bond donors (Lipinski definition) is 0. The molecular weight excluding hydrogens is 380 g/mol. The summed E-state index contributed by atoms with van der Waals surface area (Å²) in [6.07, 6.45) is 0. The van der Waals surface area contributed by atoms with Crippen LogP contribution in [0.2, 0.25) is 0 Å². The SMILES string of the molecule is FC(F)(Br)c1ccc(C(F)(F)Br)c2ccccc12. The van der Waals surface area contributed by atoms with Crippen LogP contribution in [0.4, 0.5) is 17.6 Å². The van der Waals surface area contributed by atoms with Crippen LogP contribution in [0.25, 0.3) is 10.8 Å². The Bertz CT molecular complexity index is 532. The van der Waals surface area contributed by atoms with Crippen LogP contribution < -0.4 is 0 Å². The fourth-order valence-electron chi connectivity index (χ4n) is 1.79. The summed E-state index contributed by atoms with van der Waals surface area (Å²) in [6, 6.07) is 7.84. The van der Waals surface area contributed by atoms with Gasteiger partial charge in [-0.3, -0.25) is 0 Å². The molecule has 0 bridgehead atoms. The van der Waals surface area contributed by atoms with Crippen LogP contribution >= 0.6 is 31.9 Å². The van der Waals surface area contributed by atoms with Gasteiger partial charge in [-0.1, -0.05) is 36.4 Å². The van der Waals surface area contributed by atoms with Gasteiger partial charge in [0.2, 0.25) is 0 Å². The van der Waals surface area contributed by atoms with E-state index in [4.69, 9.17) is 0 Å². The van der Waals surface area contributed by atoms with E-state index in [-0.39, 0.29) is 21.9 Å². The molecule has 0 amide bonds. The van der Waals surface area contributed by atoms with Crippen molar-refractivity contribution < 1.29 is 17.6 Å². The molecule has 2 aromatic carbocycles. The molecule has 0 saturated carbocycles. The predicted molar refractivity (Wildman–Crippen MR) is 69.6 cm³/mol. The maximum Gasteiger partial charge on any atom is 0.327 e. The van der Waals surface area contributed by atoms with Crippen molar-refractivity contribution in [2.45, 2.75) is 9.66 Å². The Morgan fingerprint density at radius 2 is 1.00 bits per heavy atom. The highest BCUT2D eigenvalue weighted by atomic mass is 79.9. The first-order valence-corrected chi connectivity index (χ1v) is 6.46. The average Bonchev–Trinajstić information content (AvgIpc) is 2.24. The number of alkyl halides is 6. The molecule has 0 N–H and O–H groups in total. The quantitative estimate of drug-likeness (QED) is 0.457. The summed E-state index contributed by atoms with van der Waals surface area (Å²) in [5, 5.41) is 0.187. The molecule has 0 atom stereocenters. The van der Waals surface area contributed by atoms with Crippen LogP contribution in [0.5, 0.6) is 0 Å². The number of hydrogen-bond acceptors (Lipinski definition) is 0. The van der Waals surface area contributed by atoms with Gasteiger partial charge in [-0.2, -0.15) is 17.6 Å². The van der Waals surface area contributed by atoms with E-state index in [2.05, 4.69) is 31.9 Å². The third-order valence-electron chi connectivity index (χ3n) is 2.53. The highest BCUT2D eigenvalue weighted by molar-refractivity contribution is 9.09. The summed E-state index contributed by atoms with van der Waals surface area (Å²) in [5.41, 5.74) is -0.669. The Hall–Kier alpha value is -0.620. The average molecular weight is 386 g/mol. The molecule has 0 aliphatic carbocycles. The molecule has 0 radical (unpaired) electrons. The predicted octanol–water partition coefficient (Wildman–Crippen LogP) is 5.73. The molecule has 0 aromatic heterocycles. The van der Waals surface area contributed by atoms with Crippen LogP contribution in [0.1, 0.15) is 11.1 Å². The second-order valence-corrected chi connectivity index (χ2v) is 5.69. The van der Waals surface area contributed by atoms with Crippen molar-refractivity contribution in [2.24, 2.45) is 0 Å². The summed E-state index contributed by atoms with van der Waals surface area (Å²) < 4.78 is 53.3. The number of rotatable bonds is 2. The van der Waals surface area contributed by atoms with Gasteiger partial charge in [0.05, 0.1) is 0 Å². The minimum Gasteiger partial charge on any atom is -0.188 e. The Morgan fingerprint density at radius 1 is 0.667 bits per heavy atom. The van der Waals surface area contributed by atoms with Gasteiger partial charge in [0, 0.05) is 11.1 Å². The number of halogens is 6. The molecule has 0 saturated heterocycles. The van der Waals surface area contributed by atoms with Crippen molar-refractivity contribution in [3.05, 3.63) is 47.5 Å². The van der Waals surface area contributed by atoms with Gasteiger partial charge in [0.15, 0.2) is 0 Å². The molecule has 0 nitrogen and oxygen atoms in total. The summed E-state index contributed by atoms with van der Waals surface area (Å²) in [4.78, 5) is -6.51. The van der Waals surface area contributed by atoms with Gasteiger partial charge < -0.3 is 0 Å². The first-order valence-electron chi connectivity index (χ1n) is 4.87. The summed E-state index contributed by atoms with van der Waals surface area (Å²) in [5.74, 6) is 0. The maximum atomic E-state index is 13.3. The van der Waals surface area contributed by atoms with Gasteiger partial charge in [-0.25, -0.2) is 0 Å². The van der Waals surface area contributed by atoms with E-state index in [9.17, 15) is 17.6 Å². The molecule has 96 valence electrons. The van der Waals surface area contributed by atoms with E-state index in [1.165, 1.54) is 24.3 Å². The molecule has 0 aliphatic heterocycles. The molecule has 2 aromatic rings. The molecule has 18 heavy (non-hydrogen) atoms. The minimum atomic E-state index is -3.26. The maximum absolute atomic E-state index is 13.3. The molecule has 0 spiro atoms. The first kappa shape index (κ1) is 13.8. The van der Waals surface area contributed by atoms with Crippen molar-refractivity contribution in [1.29, 1.82) is 0 Å². The lowest BCUT2D eigenvalue weighted by atomic mass is 10.00. The summed E-state index contributed by atoms with van der Waals surface area (Å²) in [6.45, 7) is 0. The van der Waals surface area contributed by atoms with E-state index in [1.807, 2.05) is 0 Å². The van der Waals surface area contributed by atoms with Crippen LogP contribution in [-0.2, 0) is 9.66 Å². The van der Waals surface area contributed by atoms with Crippen LogP contribution in [0.3, 0.4) is 0 Å². The van der Waals surface area contributed by atoms with Crippen LogP contribution in [0.15, 0.2) is 36.4 Å². The van der Waals surface area contributed by atoms with Crippen molar-refractivity contribution >= 4 is 42.6 Å². The van der Waals surface area contributed by atoms with Crippen molar-refractivity contribution in [3.63, 3.8) is 0 Å². The fraction of sp³-hybridized carbons (Fsp3) is 0.167. The zero-order valence-corrected chi connectivity index (χ0v) is 11.9. The van der Waals surface area contributed by atoms with E-state index in [0.29, 0.717) is 0 Å². The molecule has 0 unspecified atom stereocenters. The Morgan fingerprint density at radius 3 is 1.28 bits per heavy atom. The van der Waals surface area contributed by atoms with Crippen molar-refractivity contribution in [1.82, 2.24) is 0 Å². The van der Waals surface area contributed by atoms with Gasteiger partial charge in [-0.15, -0.1) is 0 Å². The van der Waals surface area contributed by atoms with E-state index in [1.54, 1.807) is 0 Å². The zero-order valence-electron chi connectivity index (χ0n) is 8.73. The second kappa shape index (κ2) is 4.49. The largest absolute Gasteiger partial charge is 0.327 e. The van der Waals surface area contributed by atoms with Crippen LogP contribution in [-0.4, -0.2) is 0 Å². The Balaban J connectivity index is 2.83. The molecule has 0 fully saturated rings. The third-order valence-corrected chi connectivity index (χ3v) is 3.39. The van der Waals surface area contributed by atoms with E-state index in [0.717, 1.165) is 12.1 Å². The lowest BCUT2D eigenvalue weighted by Gasteiger charge is -2.17. The number of benzene rings is 2. The molecular formula is C12H6Br2F4. The Labute approximate surface area is 117 Å². The van der Waals surface area contributed by atoms with Crippen molar-refractivity contribution in [2.75, 3.05) is 0 Å². The fourth-order valence-corrected chi connectivity index (χ4v) is 2.48. The van der Waals surface area contributed by atoms with Gasteiger partial charge in [0.1, 0.15) is 0 Å². The highest BCUT2D eigenvalue weighted by Crippen LogP contribution is 2.44. The van der Waals surface area contributed by atoms with E-state index >= 15 is 0 Å². The van der Waals surface area contributed by atoms with Gasteiger partial charge in [-0.05, 0) is 42.6 Å². The standard InChI is InChI=1S/C12H6Br2F4/c13-11(15,16)9-5-6-10(12(14,17)18)8-4-2-1-3-7(8)9/h1-6H. The normalized spacial score (nSPS) is 13.0. The minimum absolute atomic E-state index is 0.0935. The lowest BCUT2D eigenvalue weighted by Crippen LogP contribution is -2.08. The lowest BCUT2D eigenvalue weighted by molar-refractivity contribution is 0.112. The topological polar surface area (TPSA) is 0 Å². The zero-order chi connectivity index (χ0) is 13.6. The molecule has 2 rings (SSSR count). The molecule has 0 heterocycles. The smallest absolute Gasteiger partial charge is 0.188 e. The summed E-state index contributed by atoms with van der Waals surface area (Å²) in [7, 11) is 0. The summed E-state index contributed by atoms with van der Waals surface area (Å²) >= 11 is 4.50. The first-order chi connectivity index (χ1) is 8.21.